The molecule has 2 N–H and O–H groups in total. The third-order valence-electron chi connectivity index (χ3n) is 3.17. The first kappa shape index (κ1) is 12.1. The minimum absolute atomic E-state index is 0.502. The van der Waals surface area contributed by atoms with Crippen molar-refractivity contribution in [2.75, 3.05) is 5.73 Å². The van der Waals surface area contributed by atoms with Crippen molar-refractivity contribution in [1.29, 1.82) is 0 Å². The van der Waals surface area contributed by atoms with Crippen LogP contribution in [0.25, 0.3) is 0 Å². The zero-order valence-electron chi connectivity index (χ0n) is 10.8. The summed E-state index contributed by atoms with van der Waals surface area (Å²) >= 11 is 0. The second-order valence-corrected chi connectivity index (χ2v) is 5.04. The topological polar surface area (TPSA) is 26.0 Å². The fraction of sp³-hybridized carbons (Fsp3) is 0.571. The predicted molar refractivity (Wildman–Crippen MR) is 68.5 cm³/mol. The molecule has 84 valence electrons. The van der Waals surface area contributed by atoms with Gasteiger partial charge in [-0.1, -0.05) is 33.8 Å². The molecule has 0 saturated carbocycles. The van der Waals surface area contributed by atoms with Crippen molar-refractivity contribution in [3.05, 3.63) is 28.3 Å². The molecule has 0 aliphatic carbocycles. The van der Waals surface area contributed by atoms with Crippen LogP contribution in [-0.4, -0.2) is 0 Å². The number of rotatable bonds is 2. The highest BCUT2D eigenvalue weighted by atomic mass is 14.6. The van der Waals surface area contributed by atoms with Gasteiger partial charge in [-0.3, -0.25) is 0 Å². The Morgan fingerprint density at radius 1 is 1.00 bits per heavy atom. The second-order valence-electron chi connectivity index (χ2n) is 5.04. The van der Waals surface area contributed by atoms with Gasteiger partial charge in [-0.05, 0) is 47.9 Å². The second kappa shape index (κ2) is 4.26. The lowest BCUT2D eigenvalue weighted by molar-refractivity contribution is 0.829. The highest BCUT2D eigenvalue weighted by Gasteiger charge is 2.15. The van der Waals surface area contributed by atoms with Crippen molar-refractivity contribution < 1.29 is 0 Å². The average Bonchev–Trinajstić information content (AvgIpc) is 2.10. The van der Waals surface area contributed by atoms with Crippen LogP contribution in [-0.2, 0) is 0 Å². The van der Waals surface area contributed by atoms with E-state index in [0.29, 0.717) is 11.8 Å². The van der Waals surface area contributed by atoms with Gasteiger partial charge in [-0.15, -0.1) is 0 Å². The van der Waals surface area contributed by atoms with Gasteiger partial charge in [-0.2, -0.15) is 0 Å². The van der Waals surface area contributed by atoms with Gasteiger partial charge in [0.25, 0.3) is 0 Å². The molecule has 0 heterocycles. The quantitative estimate of drug-likeness (QED) is 0.722. The molecule has 1 aromatic rings. The number of hydrogen-bond acceptors (Lipinski definition) is 1. The number of aryl methyl sites for hydroxylation is 1. The molecule has 0 bridgehead atoms. The highest BCUT2D eigenvalue weighted by molar-refractivity contribution is 5.61. The number of anilines is 1. The SMILES string of the molecule is Cc1cc(C(C)C)c(N)c(C(C)C)c1C. The smallest absolute Gasteiger partial charge is 0.0387 e. The van der Waals surface area contributed by atoms with Crippen LogP contribution in [0.15, 0.2) is 6.07 Å². The molecule has 0 fully saturated rings. The largest absolute Gasteiger partial charge is 0.398 e. The minimum atomic E-state index is 0.502. The summed E-state index contributed by atoms with van der Waals surface area (Å²) in [6.45, 7) is 13.2. The molecule has 0 aliphatic rings. The fourth-order valence-electron chi connectivity index (χ4n) is 2.21. The van der Waals surface area contributed by atoms with Crippen LogP contribution in [0.5, 0.6) is 0 Å². The lowest BCUT2D eigenvalue weighted by atomic mass is 9.87. The maximum Gasteiger partial charge on any atom is 0.0387 e. The highest BCUT2D eigenvalue weighted by Crippen LogP contribution is 2.34. The molecule has 0 saturated heterocycles. The van der Waals surface area contributed by atoms with Gasteiger partial charge < -0.3 is 5.73 Å². The summed E-state index contributed by atoms with van der Waals surface area (Å²) in [5.41, 5.74) is 12.6. The molecule has 1 heteroatoms. The van der Waals surface area contributed by atoms with Crippen LogP contribution >= 0.6 is 0 Å². The Morgan fingerprint density at radius 2 is 1.53 bits per heavy atom. The first-order valence-electron chi connectivity index (χ1n) is 5.75. The Morgan fingerprint density at radius 3 is 1.93 bits per heavy atom. The van der Waals surface area contributed by atoms with Crippen molar-refractivity contribution in [2.24, 2.45) is 0 Å². The van der Waals surface area contributed by atoms with Crippen molar-refractivity contribution in [3.63, 3.8) is 0 Å². The molecular formula is C14H23N. The maximum absolute atomic E-state index is 6.25. The van der Waals surface area contributed by atoms with Crippen LogP contribution in [0.1, 0.15) is 61.8 Å². The number of nitrogens with two attached hydrogens (primary N) is 1. The van der Waals surface area contributed by atoms with Crippen molar-refractivity contribution >= 4 is 5.69 Å². The lowest BCUT2D eigenvalue weighted by Gasteiger charge is -2.21. The summed E-state index contributed by atoms with van der Waals surface area (Å²) in [6.07, 6.45) is 0. The molecule has 1 nitrogen and oxygen atoms in total. The predicted octanol–water partition coefficient (Wildman–Crippen LogP) is 4.13. The van der Waals surface area contributed by atoms with Gasteiger partial charge in [0, 0.05) is 5.69 Å². The zero-order valence-corrected chi connectivity index (χ0v) is 10.8. The van der Waals surface area contributed by atoms with E-state index in [-0.39, 0.29) is 0 Å². The van der Waals surface area contributed by atoms with E-state index in [2.05, 4.69) is 47.6 Å². The summed E-state index contributed by atoms with van der Waals surface area (Å²) in [5.74, 6) is 1.00. The Balaban J connectivity index is 3.49. The van der Waals surface area contributed by atoms with E-state index in [0.717, 1.165) is 5.69 Å². The number of nitrogen functional groups attached to an aromatic ring is 1. The molecule has 0 radical (unpaired) electrons. The van der Waals surface area contributed by atoms with E-state index in [1.165, 1.54) is 22.3 Å². The van der Waals surface area contributed by atoms with E-state index in [9.17, 15) is 0 Å². The molecule has 0 spiro atoms. The normalized spacial score (nSPS) is 11.5. The number of benzene rings is 1. The Bertz CT molecular complexity index is 362. The van der Waals surface area contributed by atoms with Gasteiger partial charge >= 0.3 is 0 Å². The van der Waals surface area contributed by atoms with E-state index < -0.39 is 0 Å². The monoisotopic (exact) mass is 205 g/mol. The van der Waals surface area contributed by atoms with Gasteiger partial charge in [-0.25, -0.2) is 0 Å². The first-order chi connectivity index (χ1) is 6.86. The first-order valence-corrected chi connectivity index (χ1v) is 5.75. The lowest BCUT2D eigenvalue weighted by Crippen LogP contribution is -2.06. The van der Waals surface area contributed by atoms with Crippen LogP contribution in [0.3, 0.4) is 0 Å². The van der Waals surface area contributed by atoms with Crippen molar-refractivity contribution in [3.8, 4) is 0 Å². The van der Waals surface area contributed by atoms with Gasteiger partial charge in [0.1, 0.15) is 0 Å². The van der Waals surface area contributed by atoms with Crippen molar-refractivity contribution in [1.82, 2.24) is 0 Å². The summed E-state index contributed by atoms with van der Waals surface area (Å²) in [7, 11) is 0. The van der Waals surface area contributed by atoms with E-state index in [1.54, 1.807) is 0 Å². The molecule has 1 rings (SSSR count). The summed E-state index contributed by atoms with van der Waals surface area (Å²) < 4.78 is 0. The molecule has 1 aromatic carbocycles. The van der Waals surface area contributed by atoms with Crippen LogP contribution in [0.2, 0.25) is 0 Å². The Kier molecular flexibility index (Phi) is 3.43. The summed E-state index contributed by atoms with van der Waals surface area (Å²) in [4.78, 5) is 0. The Labute approximate surface area is 93.7 Å². The molecule has 0 aliphatic heterocycles. The van der Waals surface area contributed by atoms with Gasteiger partial charge in [0.15, 0.2) is 0 Å². The van der Waals surface area contributed by atoms with Crippen molar-refractivity contribution in [2.45, 2.75) is 53.4 Å². The standard InChI is InChI=1S/C14H23N/c1-8(2)12-7-10(5)11(6)13(9(3)4)14(12)15/h7-9H,15H2,1-6H3. The zero-order chi connectivity index (χ0) is 11.7. The van der Waals surface area contributed by atoms with Crippen LogP contribution in [0.4, 0.5) is 5.69 Å². The molecular weight excluding hydrogens is 182 g/mol. The van der Waals surface area contributed by atoms with Crippen LogP contribution in [0, 0.1) is 13.8 Å². The van der Waals surface area contributed by atoms with Gasteiger partial charge in [0.05, 0.1) is 0 Å². The maximum atomic E-state index is 6.25. The third-order valence-corrected chi connectivity index (χ3v) is 3.17. The minimum Gasteiger partial charge on any atom is -0.398 e. The molecule has 0 aromatic heterocycles. The van der Waals surface area contributed by atoms with E-state index in [1.807, 2.05) is 0 Å². The summed E-state index contributed by atoms with van der Waals surface area (Å²) in [6, 6.07) is 2.24. The Hall–Kier alpha value is -0.980. The van der Waals surface area contributed by atoms with Gasteiger partial charge in [0.2, 0.25) is 0 Å². The average molecular weight is 205 g/mol. The summed E-state index contributed by atoms with van der Waals surface area (Å²) in [5, 5.41) is 0. The molecule has 15 heavy (non-hydrogen) atoms. The van der Waals surface area contributed by atoms with E-state index in [4.69, 9.17) is 5.73 Å². The fourth-order valence-corrected chi connectivity index (χ4v) is 2.21. The third kappa shape index (κ3) is 2.17. The molecule has 0 atom stereocenters. The van der Waals surface area contributed by atoms with Crippen LogP contribution < -0.4 is 5.73 Å². The molecule has 0 unspecified atom stereocenters. The van der Waals surface area contributed by atoms with E-state index >= 15 is 0 Å². The molecule has 0 amide bonds. The number of hydrogen-bond donors (Lipinski definition) is 1.